The number of carbonyl (C=O) groups excluding carboxylic acids is 2. The van der Waals surface area contributed by atoms with Crippen LogP contribution < -0.4 is 0 Å². The van der Waals surface area contributed by atoms with Gasteiger partial charge in [-0.15, -0.1) is 0 Å². The summed E-state index contributed by atoms with van der Waals surface area (Å²) in [6.45, 7) is 7.14. The van der Waals surface area contributed by atoms with Crippen LogP contribution in [0.15, 0.2) is 15.5 Å². The maximum atomic E-state index is 11.8. The number of nitrogens with zero attached hydrogens (tertiary/aromatic N) is 6. The van der Waals surface area contributed by atoms with Crippen LogP contribution in [0.5, 0.6) is 0 Å². The normalized spacial score (nSPS) is 18.7. The maximum Gasteiger partial charge on any atom is 0.355 e. The number of carbonyl (C=O) groups is 3. The van der Waals surface area contributed by atoms with E-state index in [9.17, 15) is 14.4 Å². The molecule has 0 spiro atoms. The zero-order chi connectivity index (χ0) is 34.7. The maximum absolute atomic E-state index is 11.8. The number of thioether (sulfide) groups is 2. The fourth-order valence-electron chi connectivity index (χ4n) is 5.05. The van der Waals surface area contributed by atoms with Gasteiger partial charge >= 0.3 is 5.97 Å². The monoisotopic (exact) mass is 706 g/mol. The van der Waals surface area contributed by atoms with Gasteiger partial charge in [-0.25, -0.2) is 4.79 Å². The molecule has 3 heterocycles. The van der Waals surface area contributed by atoms with Crippen molar-refractivity contribution in [1.29, 1.82) is 0 Å². The van der Waals surface area contributed by atoms with Crippen molar-refractivity contribution < 1.29 is 44.6 Å². The van der Waals surface area contributed by atoms with Crippen molar-refractivity contribution in [2.75, 3.05) is 97.8 Å². The van der Waals surface area contributed by atoms with Gasteiger partial charge in [-0.3, -0.25) is 24.3 Å². The topological polar surface area (TPSA) is 197 Å². The Labute approximate surface area is 286 Å². The first-order valence-corrected chi connectivity index (χ1v) is 18.1. The van der Waals surface area contributed by atoms with E-state index in [0.717, 1.165) is 88.5 Å². The third-order valence-electron chi connectivity index (χ3n) is 7.36. The highest BCUT2D eigenvalue weighted by Crippen LogP contribution is 2.12. The zero-order valence-corrected chi connectivity index (χ0v) is 29.5. The molecule has 4 N–H and O–H groups in total. The Kier molecular flexibility index (Phi) is 25.1. The Balaban J connectivity index is 0.000000354. The van der Waals surface area contributed by atoms with Crippen molar-refractivity contribution >= 4 is 56.9 Å². The average molecular weight is 707 g/mol. The highest BCUT2D eigenvalue weighted by atomic mass is 32.2. The molecule has 0 aromatic heterocycles. The molecule has 0 aromatic rings. The van der Waals surface area contributed by atoms with E-state index >= 15 is 0 Å². The number of carboxylic acid groups (broad SMARTS) is 1. The quantitative estimate of drug-likeness (QED) is 0.109. The summed E-state index contributed by atoms with van der Waals surface area (Å²) in [5.41, 5.74) is 0.697. The third-order valence-corrected chi connectivity index (χ3v) is 9.13. The molecule has 0 aliphatic carbocycles. The molecule has 0 amide bonds. The molecule has 3 saturated heterocycles. The molecule has 0 atom stereocenters. The number of piperidine rings is 3. The average Bonchev–Trinajstić information content (AvgIpc) is 3.10. The van der Waals surface area contributed by atoms with Gasteiger partial charge in [0.15, 0.2) is 5.71 Å². The Morgan fingerprint density at radius 2 is 0.936 bits per heavy atom. The number of aliphatic carboxylic acids is 1. The van der Waals surface area contributed by atoms with Crippen LogP contribution in [-0.2, 0) is 24.1 Å². The first kappa shape index (κ1) is 42.7. The molecular formula is C30H54N6O9S2. The van der Waals surface area contributed by atoms with Gasteiger partial charge < -0.3 is 30.2 Å². The van der Waals surface area contributed by atoms with Gasteiger partial charge in [0, 0.05) is 24.6 Å². The number of aliphatic hydroxyl groups excluding tert-OH is 2. The summed E-state index contributed by atoms with van der Waals surface area (Å²) >= 11 is 2.08. The van der Waals surface area contributed by atoms with Gasteiger partial charge in [-0.1, -0.05) is 58.3 Å². The van der Waals surface area contributed by atoms with Crippen LogP contribution in [0.25, 0.3) is 0 Å². The van der Waals surface area contributed by atoms with Crippen molar-refractivity contribution in [2.24, 2.45) is 15.5 Å². The molecule has 47 heavy (non-hydrogen) atoms. The Morgan fingerprint density at radius 3 is 1.28 bits per heavy atom. The van der Waals surface area contributed by atoms with Gasteiger partial charge in [0.1, 0.15) is 25.6 Å². The van der Waals surface area contributed by atoms with E-state index in [4.69, 9.17) is 25.4 Å². The molecule has 3 aliphatic heterocycles. The molecule has 17 heteroatoms. The molecule has 3 rings (SSSR count). The Morgan fingerprint density at radius 1 is 0.596 bits per heavy atom. The van der Waals surface area contributed by atoms with Crippen LogP contribution in [0.3, 0.4) is 0 Å². The second-order valence-electron chi connectivity index (χ2n) is 11.0. The van der Waals surface area contributed by atoms with Crippen LogP contribution in [0.1, 0.15) is 57.8 Å². The summed E-state index contributed by atoms with van der Waals surface area (Å²) in [5, 5.41) is 44.9. The lowest BCUT2D eigenvalue weighted by Gasteiger charge is -2.26. The highest BCUT2D eigenvalue weighted by Gasteiger charge is 2.20. The number of hydrogen-bond acceptors (Lipinski definition) is 16. The summed E-state index contributed by atoms with van der Waals surface area (Å²) in [4.78, 5) is 49.7. The number of likely N-dealkylation sites (tertiary alicyclic amines) is 3. The van der Waals surface area contributed by atoms with Crippen molar-refractivity contribution in [3.8, 4) is 0 Å². The van der Waals surface area contributed by atoms with Crippen molar-refractivity contribution in [3.63, 3.8) is 0 Å². The first-order chi connectivity index (χ1) is 22.8. The fourth-order valence-corrected chi connectivity index (χ4v) is 6.15. The SMILES string of the molecule is CO/N=C(/CN1CCCCC1)C(=O)O.CO/N=C(/CN1CCCCC1)C(=O)SCCO.O=C(SCCO)/C(CN1CCCCC1)=N\O. The van der Waals surface area contributed by atoms with E-state index in [0.29, 0.717) is 36.9 Å². The van der Waals surface area contributed by atoms with Gasteiger partial charge in [0.2, 0.25) is 10.2 Å². The molecule has 270 valence electrons. The summed E-state index contributed by atoms with van der Waals surface area (Å²) in [6.07, 6.45) is 10.6. The lowest BCUT2D eigenvalue weighted by atomic mass is 10.1. The van der Waals surface area contributed by atoms with Gasteiger partial charge in [0.05, 0.1) is 19.8 Å². The number of carboxylic acids is 1. The largest absolute Gasteiger partial charge is 0.477 e. The van der Waals surface area contributed by atoms with Gasteiger partial charge in [0.25, 0.3) is 0 Å². The van der Waals surface area contributed by atoms with E-state index in [1.807, 2.05) is 0 Å². The minimum atomic E-state index is -1.00. The molecule has 0 radical (unpaired) electrons. The third kappa shape index (κ3) is 20.0. The molecule has 0 bridgehead atoms. The molecule has 0 aromatic carbocycles. The first-order valence-electron chi connectivity index (χ1n) is 16.2. The van der Waals surface area contributed by atoms with Crippen molar-refractivity contribution in [2.45, 2.75) is 57.8 Å². The van der Waals surface area contributed by atoms with Gasteiger partial charge in [-0.05, 0) is 77.8 Å². The fraction of sp³-hybridized carbons (Fsp3) is 0.800. The molecule has 15 nitrogen and oxygen atoms in total. The van der Waals surface area contributed by atoms with Crippen LogP contribution in [0, 0.1) is 0 Å². The number of oxime groups is 3. The molecule has 0 saturated carbocycles. The van der Waals surface area contributed by atoms with Crippen LogP contribution in [0.2, 0.25) is 0 Å². The number of aliphatic hydroxyl groups is 2. The van der Waals surface area contributed by atoms with E-state index in [-0.39, 0.29) is 34.9 Å². The minimum absolute atomic E-state index is 0.000380. The van der Waals surface area contributed by atoms with E-state index in [1.54, 1.807) is 0 Å². The second kappa shape index (κ2) is 27.6. The number of hydrogen-bond donors (Lipinski definition) is 4. The van der Waals surface area contributed by atoms with E-state index in [2.05, 4.69) is 35.0 Å². The number of rotatable bonds is 15. The van der Waals surface area contributed by atoms with E-state index < -0.39 is 5.97 Å². The summed E-state index contributed by atoms with van der Waals surface area (Å²) in [7, 11) is 2.80. The summed E-state index contributed by atoms with van der Waals surface area (Å²) < 4.78 is 0. The zero-order valence-electron chi connectivity index (χ0n) is 27.9. The summed E-state index contributed by atoms with van der Waals surface area (Å²) in [6, 6.07) is 0. The van der Waals surface area contributed by atoms with E-state index in [1.165, 1.54) is 46.3 Å². The second-order valence-corrected chi connectivity index (χ2v) is 13.2. The van der Waals surface area contributed by atoms with Crippen LogP contribution >= 0.6 is 23.5 Å². The van der Waals surface area contributed by atoms with Gasteiger partial charge in [-0.2, -0.15) is 0 Å². The Bertz CT molecular complexity index is 985. The predicted molar refractivity (Wildman–Crippen MR) is 186 cm³/mol. The van der Waals surface area contributed by atoms with Crippen molar-refractivity contribution in [1.82, 2.24) is 14.7 Å². The lowest BCUT2D eigenvalue weighted by Crippen LogP contribution is -2.37. The summed E-state index contributed by atoms with van der Waals surface area (Å²) in [5.74, 6) is -0.253. The molecule has 3 fully saturated rings. The Hall–Kier alpha value is -2.28. The smallest absolute Gasteiger partial charge is 0.355 e. The minimum Gasteiger partial charge on any atom is -0.477 e. The standard InChI is InChI=1S/C11H20N2O3S.C10H18N2O3S.C9H16N2O3/c1-16-12-10(11(15)17-8-7-14)9-13-5-3-2-4-6-13;13-6-7-16-10(14)9(11-15)8-12-4-2-1-3-5-12;1-14-10-8(9(12)13)7-11-5-3-2-4-6-11/h14H,2-9H2,1H3;13,15H,1-8H2;2-7H2,1H3,(H,12,13)/b12-10-;11-9-;10-8-. The van der Waals surface area contributed by atoms with Crippen molar-refractivity contribution in [3.05, 3.63) is 0 Å². The molecular weight excluding hydrogens is 652 g/mol. The molecule has 0 unspecified atom stereocenters. The van der Waals surface area contributed by atoms with Crippen LogP contribution in [0.4, 0.5) is 0 Å². The lowest BCUT2D eigenvalue weighted by molar-refractivity contribution is -0.129. The molecule has 3 aliphatic rings. The predicted octanol–water partition coefficient (Wildman–Crippen LogP) is 1.84. The van der Waals surface area contributed by atoms with Crippen LogP contribution in [-0.4, -0.2) is 166 Å². The highest BCUT2D eigenvalue weighted by molar-refractivity contribution is 8.15.